The van der Waals surface area contributed by atoms with Crippen molar-refractivity contribution < 1.29 is 0 Å². The third-order valence-electron chi connectivity index (χ3n) is 5.00. The van der Waals surface area contributed by atoms with Gasteiger partial charge in [-0.2, -0.15) is 0 Å². The second-order valence-electron chi connectivity index (χ2n) is 6.79. The van der Waals surface area contributed by atoms with E-state index in [4.69, 9.17) is 16.6 Å². The second kappa shape index (κ2) is 7.06. The van der Waals surface area contributed by atoms with Gasteiger partial charge in [0.1, 0.15) is 5.84 Å². The van der Waals surface area contributed by atoms with Gasteiger partial charge >= 0.3 is 0 Å². The number of piperazine rings is 1. The van der Waals surface area contributed by atoms with E-state index in [0.717, 1.165) is 54.8 Å². The molecule has 5 heteroatoms. The molecule has 1 saturated heterocycles. The van der Waals surface area contributed by atoms with E-state index in [1.165, 1.54) is 5.56 Å². The maximum absolute atomic E-state index is 6.22. The number of anilines is 1. The maximum Gasteiger partial charge on any atom is 0.107 e. The summed E-state index contributed by atoms with van der Waals surface area (Å²) >= 11 is 6.22. The van der Waals surface area contributed by atoms with Crippen LogP contribution in [0, 0.1) is 0 Å². The van der Waals surface area contributed by atoms with Crippen molar-refractivity contribution in [1.82, 2.24) is 9.80 Å². The molecule has 2 aliphatic heterocycles. The Morgan fingerprint density at radius 2 is 1.80 bits per heavy atom. The van der Waals surface area contributed by atoms with Crippen molar-refractivity contribution in [2.24, 2.45) is 4.99 Å². The molecule has 4 nitrogen and oxygen atoms in total. The minimum absolute atomic E-state index is 0.210. The third kappa shape index (κ3) is 3.65. The van der Waals surface area contributed by atoms with Gasteiger partial charge in [0.05, 0.1) is 17.4 Å². The molecule has 2 aromatic rings. The topological polar surface area (TPSA) is 30.9 Å². The lowest BCUT2D eigenvalue weighted by Crippen LogP contribution is -2.47. The predicted octanol–water partition coefficient (Wildman–Crippen LogP) is 4.17. The first-order chi connectivity index (χ1) is 12.2. The molecule has 0 saturated carbocycles. The number of aliphatic imine (C=N–C) groups is 1. The summed E-state index contributed by atoms with van der Waals surface area (Å²) in [6.45, 7) is 4.19. The first kappa shape index (κ1) is 16.4. The quantitative estimate of drug-likeness (QED) is 0.833. The lowest BCUT2D eigenvalue weighted by molar-refractivity contribution is 0.213. The molecular formula is C20H23ClN4. The number of rotatable bonds is 1. The number of hydrogen-bond acceptors (Lipinski definition) is 4. The Morgan fingerprint density at radius 1 is 1.04 bits per heavy atom. The zero-order chi connectivity index (χ0) is 17.2. The van der Waals surface area contributed by atoms with E-state index >= 15 is 0 Å². The molecule has 2 aliphatic rings. The van der Waals surface area contributed by atoms with Crippen molar-refractivity contribution >= 4 is 28.8 Å². The van der Waals surface area contributed by atoms with E-state index in [1.807, 2.05) is 18.2 Å². The van der Waals surface area contributed by atoms with Crippen LogP contribution >= 0.6 is 11.6 Å². The number of halogens is 1. The number of hydrogen-bond donors (Lipinski definition) is 1. The molecule has 0 spiro atoms. The predicted molar refractivity (Wildman–Crippen MR) is 105 cm³/mol. The van der Waals surface area contributed by atoms with Gasteiger partial charge in [0.25, 0.3) is 0 Å². The van der Waals surface area contributed by atoms with E-state index in [0.29, 0.717) is 0 Å². The third-order valence-corrected chi connectivity index (χ3v) is 5.23. The van der Waals surface area contributed by atoms with Gasteiger partial charge in [0, 0.05) is 37.6 Å². The lowest BCUT2D eigenvalue weighted by Gasteiger charge is -2.35. The van der Waals surface area contributed by atoms with Crippen molar-refractivity contribution in [3.05, 3.63) is 59.1 Å². The number of fused-ring (bicyclic) bond motifs is 1. The smallest absolute Gasteiger partial charge is 0.107 e. The zero-order valence-corrected chi connectivity index (χ0v) is 15.2. The van der Waals surface area contributed by atoms with Crippen LogP contribution in [0.25, 0.3) is 0 Å². The maximum atomic E-state index is 6.22. The Morgan fingerprint density at radius 3 is 2.56 bits per heavy atom. The first-order valence-electron chi connectivity index (χ1n) is 8.81. The van der Waals surface area contributed by atoms with Crippen LogP contribution in [-0.4, -0.2) is 48.9 Å². The number of benzene rings is 2. The molecule has 0 amide bonds. The summed E-state index contributed by atoms with van der Waals surface area (Å²) in [5.74, 6) is 1.15. The number of nitrogens with zero attached hydrogens (tertiary/aromatic N) is 3. The highest BCUT2D eigenvalue weighted by molar-refractivity contribution is 6.31. The van der Waals surface area contributed by atoms with Crippen molar-refractivity contribution in [1.29, 1.82) is 0 Å². The van der Waals surface area contributed by atoms with Gasteiger partial charge in [-0.15, -0.1) is 0 Å². The van der Waals surface area contributed by atoms with Crippen LogP contribution in [0.5, 0.6) is 0 Å². The van der Waals surface area contributed by atoms with E-state index < -0.39 is 0 Å². The average molecular weight is 355 g/mol. The fourth-order valence-corrected chi connectivity index (χ4v) is 3.64. The molecule has 4 rings (SSSR count). The van der Waals surface area contributed by atoms with Gasteiger partial charge in [0.2, 0.25) is 0 Å². The van der Waals surface area contributed by atoms with Crippen molar-refractivity contribution in [2.45, 2.75) is 12.5 Å². The molecule has 1 unspecified atom stereocenters. The van der Waals surface area contributed by atoms with Crippen LogP contribution in [0.4, 0.5) is 11.4 Å². The summed E-state index contributed by atoms with van der Waals surface area (Å²) in [4.78, 5) is 9.79. The van der Waals surface area contributed by atoms with Gasteiger partial charge in [-0.05, 0) is 30.8 Å². The average Bonchev–Trinajstić information content (AvgIpc) is 2.82. The Bertz CT molecular complexity index is 767. The van der Waals surface area contributed by atoms with Gasteiger partial charge < -0.3 is 15.1 Å². The Kier molecular flexibility index (Phi) is 4.64. The molecule has 1 N–H and O–H groups in total. The van der Waals surface area contributed by atoms with Crippen molar-refractivity contribution in [3.63, 3.8) is 0 Å². The van der Waals surface area contributed by atoms with Gasteiger partial charge in [0.15, 0.2) is 0 Å². The minimum atomic E-state index is 0.210. The van der Waals surface area contributed by atoms with Gasteiger partial charge in [-0.1, -0.05) is 41.9 Å². The van der Waals surface area contributed by atoms with Crippen LogP contribution in [0.2, 0.25) is 5.02 Å². The fraction of sp³-hybridized carbons (Fsp3) is 0.350. The van der Waals surface area contributed by atoms with E-state index in [2.05, 4.69) is 52.5 Å². The zero-order valence-electron chi connectivity index (χ0n) is 14.5. The first-order valence-corrected chi connectivity index (χ1v) is 9.19. The lowest BCUT2D eigenvalue weighted by atomic mass is 10.0. The van der Waals surface area contributed by atoms with Crippen LogP contribution < -0.4 is 5.32 Å². The molecule has 1 fully saturated rings. The van der Waals surface area contributed by atoms with Crippen molar-refractivity contribution in [2.75, 3.05) is 38.5 Å². The summed E-state index contributed by atoms with van der Waals surface area (Å²) in [5, 5.41) is 4.39. The number of amidine groups is 1. The molecule has 0 bridgehead atoms. The molecule has 0 radical (unpaired) electrons. The number of nitrogens with one attached hydrogen (secondary N) is 1. The molecular weight excluding hydrogens is 332 g/mol. The van der Waals surface area contributed by atoms with Crippen molar-refractivity contribution in [3.8, 4) is 0 Å². The summed E-state index contributed by atoms with van der Waals surface area (Å²) < 4.78 is 0. The van der Waals surface area contributed by atoms with Crippen LogP contribution in [0.1, 0.15) is 18.0 Å². The van der Waals surface area contributed by atoms with Crippen LogP contribution in [-0.2, 0) is 0 Å². The van der Waals surface area contributed by atoms with E-state index in [1.54, 1.807) is 0 Å². The van der Waals surface area contributed by atoms with Crippen LogP contribution in [0.3, 0.4) is 0 Å². The van der Waals surface area contributed by atoms with Gasteiger partial charge in [-0.3, -0.25) is 0 Å². The largest absolute Gasteiger partial charge is 0.376 e. The monoisotopic (exact) mass is 354 g/mol. The Hall–Kier alpha value is -2.04. The highest BCUT2D eigenvalue weighted by Crippen LogP contribution is 2.36. The second-order valence-corrected chi connectivity index (χ2v) is 7.23. The minimum Gasteiger partial charge on any atom is -0.376 e. The standard InChI is InChI=1S/C20H23ClN4/c1-24-9-11-25(12-10-24)20-14-18(15-5-3-2-4-6-15)22-17-8-7-16(21)13-19(17)23-20/h2-8,13,18,22H,9-12,14H2,1H3. The molecule has 25 heavy (non-hydrogen) atoms. The molecule has 2 aromatic carbocycles. The van der Waals surface area contributed by atoms with E-state index in [-0.39, 0.29) is 6.04 Å². The molecule has 0 aromatic heterocycles. The highest BCUT2D eigenvalue weighted by Gasteiger charge is 2.25. The highest BCUT2D eigenvalue weighted by atomic mass is 35.5. The van der Waals surface area contributed by atoms with Crippen LogP contribution in [0.15, 0.2) is 53.5 Å². The number of likely N-dealkylation sites (N-methyl/N-ethyl adjacent to an activating group) is 1. The Balaban J connectivity index is 1.70. The van der Waals surface area contributed by atoms with E-state index in [9.17, 15) is 0 Å². The summed E-state index contributed by atoms with van der Waals surface area (Å²) in [6.07, 6.45) is 0.875. The summed E-state index contributed by atoms with van der Waals surface area (Å²) in [5.41, 5.74) is 3.26. The van der Waals surface area contributed by atoms with Gasteiger partial charge in [-0.25, -0.2) is 4.99 Å². The molecule has 0 aliphatic carbocycles. The fourth-order valence-electron chi connectivity index (χ4n) is 3.48. The Labute approximate surface area is 154 Å². The summed E-state index contributed by atoms with van der Waals surface area (Å²) in [7, 11) is 2.18. The SMILES string of the molecule is CN1CCN(C2=Nc3cc(Cl)ccc3NC(c3ccccc3)C2)CC1. The molecule has 1 atom stereocenters. The normalized spacial score (nSPS) is 21.1. The summed E-state index contributed by atoms with van der Waals surface area (Å²) in [6, 6.07) is 16.7. The molecule has 2 heterocycles. The molecule has 130 valence electrons.